The lowest BCUT2D eigenvalue weighted by Crippen LogP contribution is -2.53. The fourth-order valence-electron chi connectivity index (χ4n) is 4.58. The van der Waals surface area contributed by atoms with E-state index in [1.165, 1.54) is 6.07 Å². The predicted molar refractivity (Wildman–Crippen MR) is 111 cm³/mol. The number of benzene rings is 1. The Morgan fingerprint density at radius 2 is 1.88 bits per heavy atom. The Kier molecular flexibility index (Phi) is 6.19. The van der Waals surface area contributed by atoms with E-state index in [0.29, 0.717) is 38.2 Å². The maximum absolute atomic E-state index is 13.4. The van der Waals surface area contributed by atoms with Crippen LogP contribution in [0.3, 0.4) is 0 Å². The molecule has 2 saturated heterocycles. The van der Waals surface area contributed by atoms with Gasteiger partial charge in [-0.15, -0.1) is 0 Å². The van der Waals surface area contributed by atoms with Gasteiger partial charge >= 0.3 is 6.18 Å². The first-order valence-electron chi connectivity index (χ1n) is 10.5. The van der Waals surface area contributed by atoms with Crippen molar-refractivity contribution in [1.82, 2.24) is 19.7 Å². The fourth-order valence-corrected chi connectivity index (χ4v) is 4.58. The molecule has 2 aliphatic rings. The second-order valence-electron chi connectivity index (χ2n) is 8.46. The second-order valence-corrected chi connectivity index (χ2v) is 8.46. The maximum atomic E-state index is 13.4. The van der Waals surface area contributed by atoms with Crippen molar-refractivity contribution in [2.45, 2.75) is 31.7 Å². The molecular weight excluding hydrogens is 421 g/mol. The van der Waals surface area contributed by atoms with Gasteiger partial charge in [-0.25, -0.2) is 0 Å². The molecule has 4 rings (SSSR count). The summed E-state index contributed by atoms with van der Waals surface area (Å²) in [5.41, 5.74) is 0.714. The lowest BCUT2D eigenvalue weighted by molar-refractivity contribution is -0.139. The number of fused-ring (bicyclic) bond motifs is 1. The van der Waals surface area contributed by atoms with E-state index in [0.717, 1.165) is 17.7 Å². The molecule has 6 nitrogen and oxygen atoms in total. The molecule has 2 aliphatic heterocycles. The van der Waals surface area contributed by atoms with Gasteiger partial charge < -0.3 is 9.80 Å². The number of pyridine rings is 1. The number of hydrogen-bond acceptors (Lipinski definition) is 4. The summed E-state index contributed by atoms with van der Waals surface area (Å²) < 4.78 is 39.2. The summed E-state index contributed by atoms with van der Waals surface area (Å²) in [6, 6.07) is 8.72. The molecule has 3 heterocycles. The molecule has 1 aromatic heterocycles. The number of halogens is 3. The van der Waals surface area contributed by atoms with Gasteiger partial charge in [-0.3, -0.25) is 19.5 Å². The van der Waals surface area contributed by atoms with Crippen molar-refractivity contribution in [2.24, 2.45) is 5.92 Å². The van der Waals surface area contributed by atoms with Crippen LogP contribution in [-0.4, -0.2) is 64.2 Å². The molecule has 0 bridgehead atoms. The monoisotopic (exact) mass is 446 g/mol. The SMILES string of the molecule is CN1C(=O)CN(Cc2cccnc2)C(=O)[C@H]2CN(Cc3cccc(C(F)(F)F)c3)CC[C@H]21. The molecule has 1 aromatic carbocycles. The van der Waals surface area contributed by atoms with Crippen molar-refractivity contribution in [1.29, 1.82) is 0 Å². The normalized spacial score (nSPS) is 22.6. The largest absolute Gasteiger partial charge is 0.416 e. The van der Waals surface area contributed by atoms with Crippen LogP contribution in [0.25, 0.3) is 0 Å². The third kappa shape index (κ3) is 4.77. The highest BCUT2D eigenvalue weighted by molar-refractivity contribution is 5.89. The van der Waals surface area contributed by atoms with E-state index >= 15 is 0 Å². The Morgan fingerprint density at radius 3 is 2.59 bits per heavy atom. The number of hydrogen-bond donors (Lipinski definition) is 0. The summed E-state index contributed by atoms with van der Waals surface area (Å²) in [5.74, 6) is -0.644. The molecule has 0 spiro atoms. The topological polar surface area (TPSA) is 56.8 Å². The molecule has 2 amide bonds. The zero-order valence-electron chi connectivity index (χ0n) is 17.8. The molecular formula is C23H25F3N4O2. The van der Waals surface area contributed by atoms with Crippen LogP contribution in [0.1, 0.15) is 23.1 Å². The number of amides is 2. The van der Waals surface area contributed by atoms with Crippen LogP contribution < -0.4 is 0 Å². The van der Waals surface area contributed by atoms with Gasteiger partial charge in [-0.2, -0.15) is 13.2 Å². The number of carbonyl (C=O) groups is 2. The van der Waals surface area contributed by atoms with Crippen molar-refractivity contribution in [2.75, 3.05) is 26.7 Å². The summed E-state index contributed by atoms with van der Waals surface area (Å²) in [5, 5.41) is 0. The summed E-state index contributed by atoms with van der Waals surface area (Å²) in [6.07, 6.45) is -0.478. The van der Waals surface area contributed by atoms with Gasteiger partial charge in [-0.05, 0) is 29.7 Å². The van der Waals surface area contributed by atoms with Crippen LogP contribution in [0.4, 0.5) is 13.2 Å². The predicted octanol–water partition coefficient (Wildman–Crippen LogP) is 2.79. The first-order chi connectivity index (χ1) is 15.2. The van der Waals surface area contributed by atoms with Gasteiger partial charge in [0.1, 0.15) is 6.54 Å². The summed E-state index contributed by atoms with van der Waals surface area (Å²) in [6.45, 7) is 1.61. The van der Waals surface area contributed by atoms with Gasteiger partial charge in [0, 0.05) is 51.7 Å². The van der Waals surface area contributed by atoms with Crippen molar-refractivity contribution < 1.29 is 22.8 Å². The van der Waals surface area contributed by atoms with Crippen LogP contribution in [0.15, 0.2) is 48.8 Å². The molecule has 2 aromatic rings. The van der Waals surface area contributed by atoms with Crippen LogP contribution in [0.2, 0.25) is 0 Å². The number of rotatable bonds is 4. The first kappa shape index (κ1) is 22.3. The summed E-state index contributed by atoms with van der Waals surface area (Å²) >= 11 is 0. The molecule has 0 N–H and O–H groups in total. The molecule has 32 heavy (non-hydrogen) atoms. The van der Waals surface area contributed by atoms with Gasteiger partial charge in [0.15, 0.2) is 0 Å². The molecule has 0 saturated carbocycles. The number of likely N-dealkylation sites (tertiary alicyclic amines) is 1. The number of aromatic nitrogens is 1. The molecule has 9 heteroatoms. The maximum Gasteiger partial charge on any atom is 0.416 e. The minimum atomic E-state index is -4.39. The van der Waals surface area contributed by atoms with Crippen molar-refractivity contribution in [3.63, 3.8) is 0 Å². The molecule has 2 atom stereocenters. The fraction of sp³-hybridized carbons (Fsp3) is 0.435. The van der Waals surface area contributed by atoms with Gasteiger partial charge in [0.2, 0.25) is 11.8 Å². The third-order valence-corrected chi connectivity index (χ3v) is 6.26. The highest BCUT2D eigenvalue weighted by Gasteiger charge is 2.43. The van der Waals surface area contributed by atoms with Gasteiger partial charge in [0.25, 0.3) is 0 Å². The van der Waals surface area contributed by atoms with Crippen LogP contribution in [-0.2, 0) is 28.9 Å². The van der Waals surface area contributed by atoms with Crippen molar-refractivity contribution in [3.05, 3.63) is 65.5 Å². The zero-order valence-corrected chi connectivity index (χ0v) is 17.8. The Hall–Kier alpha value is -2.94. The summed E-state index contributed by atoms with van der Waals surface area (Å²) in [7, 11) is 1.73. The standard InChI is InChI=1S/C23H25F3N4O2/c1-28-20-7-9-29(12-16-4-2-6-18(10-16)23(24,25)26)14-19(20)22(32)30(15-21(28)31)13-17-5-3-8-27-11-17/h2-6,8,10-11,19-20H,7,9,12-15H2,1H3/t19-,20+/m0/s1. The van der Waals surface area contributed by atoms with E-state index in [-0.39, 0.29) is 24.4 Å². The highest BCUT2D eigenvalue weighted by Crippen LogP contribution is 2.31. The van der Waals surface area contributed by atoms with Crippen LogP contribution >= 0.6 is 0 Å². The molecule has 0 unspecified atom stereocenters. The average Bonchev–Trinajstić information content (AvgIpc) is 2.85. The Balaban J connectivity index is 1.52. The summed E-state index contributed by atoms with van der Waals surface area (Å²) in [4.78, 5) is 35.4. The average molecular weight is 446 g/mol. The number of alkyl halides is 3. The van der Waals surface area contributed by atoms with Crippen LogP contribution in [0.5, 0.6) is 0 Å². The van der Waals surface area contributed by atoms with Crippen molar-refractivity contribution >= 4 is 11.8 Å². The van der Waals surface area contributed by atoms with Gasteiger partial charge in [-0.1, -0.05) is 24.3 Å². The quantitative estimate of drug-likeness (QED) is 0.725. The number of likely N-dealkylation sites (N-methyl/N-ethyl adjacent to an activating group) is 1. The van der Waals surface area contributed by atoms with E-state index in [1.54, 1.807) is 41.4 Å². The van der Waals surface area contributed by atoms with E-state index in [1.807, 2.05) is 11.0 Å². The third-order valence-electron chi connectivity index (χ3n) is 6.26. The smallest absolute Gasteiger partial charge is 0.340 e. The number of piperidine rings is 1. The molecule has 0 radical (unpaired) electrons. The van der Waals surface area contributed by atoms with Crippen molar-refractivity contribution in [3.8, 4) is 0 Å². The number of nitrogens with zero attached hydrogens (tertiary/aromatic N) is 4. The zero-order chi connectivity index (χ0) is 22.9. The van der Waals surface area contributed by atoms with E-state index in [9.17, 15) is 22.8 Å². The minimum absolute atomic E-state index is 0.00482. The molecule has 2 fully saturated rings. The van der Waals surface area contributed by atoms with E-state index in [4.69, 9.17) is 0 Å². The lowest BCUT2D eigenvalue weighted by atomic mass is 9.90. The Morgan fingerprint density at radius 1 is 1.09 bits per heavy atom. The lowest BCUT2D eigenvalue weighted by Gasteiger charge is -2.40. The van der Waals surface area contributed by atoms with E-state index in [2.05, 4.69) is 4.98 Å². The second kappa shape index (κ2) is 8.90. The number of carbonyl (C=O) groups excluding carboxylic acids is 2. The first-order valence-corrected chi connectivity index (χ1v) is 10.5. The molecule has 0 aliphatic carbocycles. The Bertz CT molecular complexity index is 983. The Labute approximate surface area is 184 Å². The van der Waals surface area contributed by atoms with Crippen LogP contribution in [0, 0.1) is 5.92 Å². The van der Waals surface area contributed by atoms with E-state index < -0.39 is 17.7 Å². The highest BCUT2D eigenvalue weighted by atomic mass is 19.4. The molecule has 170 valence electrons. The minimum Gasteiger partial charge on any atom is -0.340 e. The van der Waals surface area contributed by atoms with Gasteiger partial charge in [0.05, 0.1) is 11.5 Å².